The molecule has 0 bridgehead atoms. The summed E-state index contributed by atoms with van der Waals surface area (Å²) in [6, 6.07) is 0. The van der Waals surface area contributed by atoms with Crippen molar-refractivity contribution in [2.75, 3.05) is 0 Å². The number of aryl methyl sites for hydroxylation is 2. The van der Waals surface area contributed by atoms with Crippen molar-refractivity contribution < 1.29 is 9.32 Å². The maximum absolute atomic E-state index is 11.2. The quantitative estimate of drug-likeness (QED) is 0.744. The van der Waals surface area contributed by atoms with E-state index in [0.717, 1.165) is 17.0 Å². The monoisotopic (exact) mass is 214 g/mol. The van der Waals surface area contributed by atoms with E-state index in [-0.39, 0.29) is 11.2 Å². The Balaban J connectivity index is 2.58. The summed E-state index contributed by atoms with van der Waals surface area (Å²) in [5.74, 6) is 0.656. The first-order chi connectivity index (χ1) is 6.52. The van der Waals surface area contributed by atoms with E-state index in [1.807, 2.05) is 13.8 Å². The van der Waals surface area contributed by atoms with Crippen LogP contribution in [0.3, 0.4) is 0 Å². The molecule has 14 heavy (non-hydrogen) atoms. The van der Waals surface area contributed by atoms with Gasteiger partial charge in [-0.3, -0.25) is 4.79 Å². The molecule has 0 aliphatic heterocycles. The number of rotatable bonds is 3. The molecule has 1 atom stereocenters. The van der Waals surface area contributed by atoms with E-state index in [1.54, 1.807) is 6.92 Å². The molecule has 5 heteroatoms. The molecule has 0 aliphatic carbocycles. The summed E-state index contributed by atoms with van der Waals surface area (Å²) in [5, 5.41) is 6.25. The summed E-state index contributed by atoms with van der Waals surface area (Å²) in [6.07, 6.45) is 0. The summed E-state index contributed by atoms with van der Waals surface area (Å²) in [6.45, 7) is 5.85. The van der Waals surface area contributed by atoms with Crippen LogP contribution in [0.1, 0.15) is 23.9 Å². The van der Waals surface area contributed by atoms with Crippen molar-refractivity contribution in [3.8, 4) is 0 Å². The summed E-state index contributed by atoms with van der Waals surface area (Å²) < 4.78 is 4.97. The number of nitrogens with zero attached hydrogens (tertiary/aromatic N) is 1. The van der Waals surface area contributed by atoms with E-state index in [0.29, 0.717) is 6.54 Å². The normalized spacial score (nSPS) is 12.6. The number of thiol groups is 1. The first-order valence-corrected chi connectivity index (χ1v) is 4.91. The van der Waals surface area contributed by atoms with Gasteiger partial charge in [0.05, 0.1) is 10.9 Å². The molecular formula is C9H14N2O2S. The minimum absolute atomic E-state index is 0.0895. The van der Waals surface area contributed by atoms with Gasteiger partial charge in [-0.15, -0.1) is 0 Å². The van der Waals surface area contributed by atoms with Gasteiger partial charge in [-0.05, 0) is 20.8 Å². The molecular weight excluding hydrogens is 200 g/mol. The van der Waals surface area contributed by atoms with Crippen molar-refractivity contribution in [3.63, 3.8) is 0 Å². The Hall–Kier alpha value is -0.970. The molecule has 0 fully saturated rings. The summed E-state index contributed by atoms with van der Waals surface area (Å²) in [7, 11) is 0. The molecule has 78 valence electrons. The minimum atomic E-state index is -0.296. The van der Waals surface area contributed by atoms with Gasteiger partial charge in [0.2, 0.25) is 5.91 Å². The highest BCUT2D eigenvalue weighted by molar-refractivity contribution is 7.81. The Morgan fingerprint density at radius 2 is 2.29 bits per heavy atom. The molecule has 1 unspecified atom stereocenters. The van der Waals surface area contributed by atoms with Crippen molar-refractivity contribution in [3.05, 3.63) is 17.0 Å². The molecule has 0 radical (unpaired) electrons. The van der Waals surface area contributed by atoms with Crippen LogP contribution >= 0.6 is 12.6 Å². The third kappa shape index (κ3) is 2.51. The van der Waals surface area contributed by atoms with Crippen LogP contribution in [0.4, 0.5) is 0 Å². The maximum Gasteiger partial charge on any atom is 0.232 e. The SMILES string of the molecule is Cc1noc(C)c1CNC(=O)C(C)S. The smallest absolute Gasteiger partial charge is 0.232 e. The van der Waals surface area contributed by atoms with Crippen LogP contribution in [0.25, 0.3) is 0 Å². The molecule has 1 heterocycles. The summed E-state index contributed by atoms with van der Waals surface area (Å²) in [4.78, 5) is 11.2. The van der Waals surface area contributed by atoms with Gasteiger partial charge in [0.15, 0.2) is 0 Å². The number of amides is 1. The second kappa shape index (κ2) is 4.50. The van der Waals surface area contributed by atoms with E-state index >= 15 is 0 Å². The highest BCUT2D eigenvalue weighted by atomic mass is 32.1. The largest absolute Gasteiger partial charge is 0.361 e. The van der Waals surface area contributed by atoms with Crippen molar-refractivity contribution in [2.45, 2.75) is 32.6 Å². The number of hydrogen-bond acceptors (Lipinski definition) is 4. The average molecular weight is 214 g/mol. The fourth-order valence-electron chi connectivity index (χ4n) is 1.08. The van der Waals surface area contributed by atoms with Gasteiger partial charge in [0.25, 0.3) is 0 Å². The van der Waals surface area contributed by atoms with Crippen LogP contribution in [0.2, 0.25) is 0 Å². The lowest BCUT2D eigenvalue weighted by atomic mass is 10.2. The number of hydrogen-bond donors (Lipinski definition) is 2. The Kier molecular flexibility index (Phi) is 3.57. The third-order valence-corrected chi connectivity index (χ3v) is 2.23. The minimum Gasteiger partial charge on any atom is -0.361 e. The zero-order valence-electron chi connectivity index (χ0n) is 8.50. The van der Waals surface area contributed by atoms with E-state index < -0.39 is 0 Å². The third-order valence-electron chi connectivity index (χ3n) is 2.00. The fraction of sp³-hybridized carbons (Fsp3) is 0.556. The first kappa shape index (κ1) is 11.1. The molecule has 0 aliphatic rings. The van der Waals surface area contributed by atoms with Gasteiger partial charge >= 0.3 is 0 Å². The second-order valence-electron chi connectivity index (χ2n) is 3.20. The molecule has 0 saturated carbocycles. The fourth-order valence-corrected chi connectivity index (χ4v) is 1.17. The summed E-state index contributed by atoms with van der Waals surface area (Å²) >= 11 is 4.03. The highest BCUT2D eigenvalue weighted by Crippen LogP contribution is 2.11. The maximum atomic E-state index is 11.2. The predicted octanol–water partition coefficient (Wildman–Crippen LogP) is 1.23. The Bertz CT molecular complexity index is 314. The lowest BCUT2D eigenvalue weighted by Gasteiger charge is -2.06. The standard InChI is InChI=1S/C9H14N2O2S/c1-5-8(6(2)13-11-5)4-10-9(12)7(3)14/h7,14H,4H2,1-3H3,(H,10,12). The van der Waals surface area contributed by atoms with Crippen molar-refractivity contribution >= 4 is 18.5 Å². The number of nitrogens with one attached hydrogen (secondary N) is 1. The second-order valence-corrected chi connectivity index (χ2v) is 3.97. The Morgan fingerprint density at radius 1 is 1.64 bits per heavy atom. The van der Waals surface area contributed by atoms with Crippen LogP contribution in [0, 0.1) is 13.8 Å². The van der Waals surface area contributed by atoms with E-state index in [2.05, 4.69) is 23.1 Å². The van der Waals surface area contributed by atoms with Crippen LogP contribution < -0.4 is 5.32 Å². The predicted molar refractivity (Wildman–Crippen MR) is 56.3 cm³/mol. The van der Waals surface area contributed by atoms with Gasteiger partial charge in [-0.25, -0.2) is 0 Å². The van der Waals surface area contributed by atoms with Gasteiger partial charge < -0.3 is 9.84 Å². The molecule has 1 aromatic heterocycles. The molecule has 4 nitrogen and oxygen atoms in total. The number of carbonyl (C=O) groups is 1. The molecule has 1 amide bonds. The van der Waals surface area contributed by atoms with E-state index in [1.165, 1.54) is 0 Å². The lowest BCUT2D eigenvalue weighted by Crippen LogP contribution is -2.29. The zero-order chi connectivity index (χ0) is 10.7. The van der Waals surface area contributed by atoms with Gasteiger partial charge in [-0.2, -0.15) is 12.6 Å². The van der Waals surface area contributed by atoms with E-state index in [9.17, 15) is 4.79 Å². The van der Waals surface area contributed by atoms with Crippen LogP contribution in [-0.4, -0.2) is 16.3 Å². The molecule has 0 aromatic carbocycles. The topological polar surface area (TPSA) is 55.1 Å². The number of carbonyl (C=O) groups excluding carboxylic acids is 1. The highest BCUT2D eigenvalue weighted by Gasteiger charge is 2.11. The van der Waals surface area contributed by atoms with E-state index in [4.69, 9.17) is 4.52 Å². The van der Waals surface area contributed by atoms with Crippen LogP contribution in [-0.2, 0) is 11.3 Å². The number of aromatic nitrogens is 1. The van der Waals surface area contributed by atoms with Crippen LogP contribution in [0.15, 0.2) is 4.52 Å². The molecule has 1 aromatic rings. The summed E-state index contributed by atoms with van der Waals surface area (Å²) in [5.41, 5.74) is 1.75. The average Bonchev–Trinajstić information content (AvgIpc) is 2.43. The molecule has 0 spiro atoms. The van der Waals surface area contributed by atoms with Gasteiger partial charge in [-0.1, -0.05) is 5.16 Å². The van der Waals surface area contributed by atoms with Gasteiger partial charge in [0.1, 0.15) is 5.76 Å². The van der Waals surface area contributed by atoms with Crippen LogP contribution in [0.5, 0.6) is 0 Å². The Morgan fingerprint density at radius 3 is 2.71 bits per heavy atom. The molecule has 1 rings (SSSR count). The lowest BCUT2D eigenvalue weighted by molar-refractivity contribution is -0.120. The van der Waals surface area contributed by atoms with Crippen molar-refractivity contribution in [1.29, 1.82) is 0 Å². The first-order valence-electron chi connectivity index (χ1n) is 4.40. The molecule has 0 saturated heterocycles. The van der Waals surface area contributed by atoms with Crippen molar-refractivity contribution in [1.82, 2.24) is 10.5 Å². The Labute approximate surface area is 88.5 Å². The van der Waals surface area contributed by atoms with Crippen molar-refractivity contribution in [2.24, 2.45) is 0 Å². The van der Waals surface area contributed by atoms with Gasteiger partial charge in [0, 0.05) is 12.1 Å². The zero-order valence-corrected chi connectivity index (χ0v) is 9.39. The molecule has 1 N–H and O–H groups in total.